The monoisotopic (exact) mass is 399 g/mol. The lowest BCUT2D eigenvalue weighted by Crippen LogP contribution is -2.39. The average molecular weight is 399 g/mol. The quantitative estimate of drug-likeness (QED) is 0.575. The Balaban J connectivity index is 1.65. The van der Waals surface area contributed by atoms with E-state index in [-0.39, 0.29) is 18.3 Å². The standard InChI is InChI=1S/C21H22FN3O4/c1-4-18(28-16-10-8-15(22)9-11-16)21(26)25(2)13-19-23-20(24-29-19)14-6-5-7-17(12-14)27-3/h5-12,18H,4,13H2,1-3H3. The summed E-state index contributed by atoms with van der Waals surface area (Å²) in [6.45, 7) is 1.98. The Hall–Kier alpha value is -3.42. The van der Waals surface area contributed by atoms with Gasteiger partial charge in [-0.2, -0.15) is 4.98 Å². The van der Waals surface area contributed by atoms with Crippen LogP contribution in [0.1, 0.15) is 19.2 Å². The van der Waals surface area contributed by atoms with Crippen LogP contribution in [0, 0.1) is 5.82 Å². The van der Waals surface area contributed by atoms with Crippen molar-refractivity contribution >= 4 is 5.91 Å². The Morgan fingerprint density at radius 1 is 1.21 bits per heavy atom. The van der Waals surface area contributed by atoms with Crippen LogP contribution in [0.5, 0.6) is 11.5 Å². The molecule has 1 heterocycles. The lowest BCUT2D eigenvalue weighted by molar-refractivity contribution is -0.138. The van der Waals surface area contributed by atoms with Gasteiger partial charge in [0.1, 0.15) is 17.3 Å². The summed E-state index contributed by atoms with van der Waals surface area (Å²) in [6.07, 6.45) is -0.245. The van der Waals surface area contributed by atoms with Gasteiger partial charge in [0.15, 0.2) is 6.10 Å². The van der Waals surface area contributed by atoms with Gasteiger partial charge in [0, 0.05) is 12.6 Å². The fraction of sp³-hybridized carbons (Fsp3) is 0.286. The molecule has 0 saturated carbocycles. The molecule has 1 unspecified atom stereocenters. The van der Waals surface area contributed by atoms with Gasteiger partial charge in [0.2, 0.25) is 11.7 Å². The zero-order valence-corrected chi connectivity index (χ0v) is 16.5. The van der Waals surface area contributed by atoms with Crippen molar-refractivity contribution < 1.29 is 23.2 Å². The van der Waals surface area contributed by atoms with E-state index in [4.69, 9.17) is 14.0 Å². The number of aromatic nitrogens is 2. The normalized spacial score (nSPS) is 11.7. The number of carbonyl (C=O) groups is 1. The molecule has 8 heteroatoms. The summed E-state index contributed by atoms with van der Waals surface area (Å²) >= 11 is 0. The highest BCUT2D eigenvalue weighted by molar-refractivity contribution is 5.80. The highest BCUT2D eigenvalue weighted by atomic mass is 19.1. The van der Waals surface area contributed by atoms with E-state index < -0.39 is 6.10 Å². The third-order valence-corrected chi connectivity index (χ3v) is 4.28. The molecule has 0 aliphatic carbocycles. The molecule has 0 radical (unpaired) electrons. The maximum Gasteiger partial charge on any atom is 0.263 e. The van der Waals surface area contributed by atoms with Crippen molar-refractivity contribution in [3.63, 3.8) is 0 Å². The molecule has 0 N–H and O–H groups in total. The molecule has 0 saturated heterocycles. The van der Waals surface area contributed by atoms with Crippen molar-refractivity contribution in [1.82, 2.24) is 15.0 Å². The molecule has 2 aromatic carbocycles. The summed E-state index contributed by atoms with van der Waals surface area (Å²) in [6, 6.07) is 12.8. The summed E-state index contributed by atoms with van der Waals surface area (Å²) in [5.74, 6) is 1.22. The van der Waals surface area contributed by atoms with Gasteiger partial charge in [0.05, 0.1) is 13.7 Å². The molecule has 3 rings (SSSR count). The minimum Gasteiger partial charge on any atom is -0.497 e. The third-order valence-electron chi connectivity index (χ3n) is 4.28. The van der Waals surface area contributed by atoms with Crippen LogP contribution in [0.3, 0.4) is 0 Å². The predicted molar refractivity (Wildman–Crippen MR) is 104 cm³/mol. The van der Waals surface area contributed by atoms with Crippen LogP contribution in [0.25, 0.3) is 11.4 Å². The molecule has 3 aromatic rings. The van der Waals surface area contributed by atoms with Crippen molar-refractivity contribution in [2.45, 2.75) is 26.0 Å². The predicted octanol–water partition coefficient (Wildman–Crippen LogP) is 3.70. The van der Waals surface area contributed by atoms with E-state index in [0.29, 0.717) is 29.6 Å². The number of carbonyl (C=O) groups excluding carboxylic acids is 1. The first-order chi connectivity index (χ1) is 14.0. The fourth-order valence-corrected chi connectivity index (χ4v) is 2.71. The van der Waals surface area contributed by atoms with Crippen molar-refractivity contribution in [1.29, 1.82) is 0 Å². The molecule has 29 heavy (non-hydrogen) atoms. The molecular weight excluding hydrogens is 377 g/mol. The molecule has 1 amide bonds. The molecule has 152 valence electrons. The van der Waals surface area contributed by atoms with E-state index in [0.717, 1.165) is 5.56 Å². The lowest BCUT2D eigenvalue weighted by Gasteiger charge is -2.22. The van der Waals surface area contributed by atoms with E-state index >= 15 is 0 Å². The number of amides is 1. The molecule has 7 nitrogen and oxygen atoms in total. The van der Waals surface area contributed by atoms with Crippen molar-refractivity contribution in [3.05, 3.63) is 60.2 Å². The van der Waals surface area contributed by atoms with Gasteiger partial charge in [0.25, 0.3) is 5.91 Å². The molecule has 1 aromatic heterocycles. The first-order valence-electron chi connectivity index (χ1n) is 9.14. The van der Waals surface area contributed by atoms with Gasteiger partial charge in [-0.1, -0.05) is 24.2 Å². The number of likely N-dealkylation sites (N-methyl/N-ethyl adjacent to an activating group) is 1. The van der Waals surface area contributed by atoms with Crippen LogP contribution in [0.15, 0.2) is 53.1 Å². The largest absolute Gasteiger partial charge is 0.497 e. The van der Waals surface area contributed by atoms with Crippen LogP contribution >= 0.6 is 0 Å². The highest BCUT2D eigenvalue weighted by Gasteiger charge is 2.24. The van der Waals surface area contributed by atoms with Crippen molar-refractivity contribution in [3.8, 4) is 22.9 Å². The van der Waals surface area contributed by atoms with Gasteiger partial charge in [-0.3, -0.25) is 4.79 Å². The second-order valence-corrected chi connectivity index (χ2v) is 6.41. The second kappa shape index (κ2) is 9.18. The van der Waals surface area contributed by atoms with Crippen molar-refractivity contribution in [2.24, 2.45) is 0 Å². The number of benzene rings is 2. The number of methoxy groups -OCH3 is 1. The zero-order valence-electron chi connectivity index (χ0n) is 16.5. The number of rotatable bonds is 8. The Labute approximate surface area is 168 Å². The number of hydrogen-bond acceptors (Lipinski definition) is 6. The van der Waals surface area contributed by atoms with E-state index in [1.807, 2.05) is 25.1 Å². The topological polar surface area (TPSA) is 77.7 Å². The molecular formula is C21H22FN3O4. The molecule has 1 atom stereocenters. The summed E-state index contributed by atoms with van der Waals surface area (Å²) < 4.78 is 29.2. The average Bonchev–Trinajstić information content (AvgIpc) is 3.21. The first kappa shape index (κ1) is 20.3. The minimum atomic E-state index is -0.703. The first-order valence-corrected chi connectivity index (χ1v) is 9.14. The lowest BCUT2D eigenvalue weighted by atomic mass is 10.2. The number of ether oxygens (including phenoxy) is 2. The minimum absolute atomic E-state index is 0.138. The van der Waals surface area contributed by atoms with E-state index in [2.05, 4.69) is 10.1 Å². The van der Waals surface area contributed by atoms with E-state index in [9.17, 15) is 9.18 Å². The summed E-state index contributed by atoms with van der Waals surface area (Å²) in [7, 11) is 3.22. The van der Waals surface area contributed by atoms with Gasteiger partial charge in [-0.15, -0.1) is 0 Å². The number of hydrogen-bond donors (Lipinski definition) is 0. The number of halogens is 1. The Morgan fingerprint density at radius 2 is 1.97 bits per heavy atom. The Kier molecular flexibility index (Phi) is 6.43. The smallest absolute Gasteiger partial charge is 0.263 e. The maximum atomic E-state index is 13.0. The maximum absolute atomic E-state index is 13.0. The summed E-state index contributed by atoms with van der Waals surface area (Å²) in [5.41, 5.74) is 0.749. The molecule has 0 aliphatic heterocycles. The van der Waals surface area contributed by atoms with E-state index in [1.54, 1.807) is 20.2 Å². The van der Waals surface area contributed by atoms with Crippen LogP contribution < -0.4 is 9.47 Å². The summed E-state index contributed by atoms with van der Waals surface area (Å²) in [4.78, 5) is 18.5. The number of nitrogens with zero attached hydrogens (tertiary/aromatic N) is 3. The Morgan fingerprint density at radius 3 is 2.66 bits per heavy atom. The van der Waals surface area contributed by atoms with Gasteiger partial charge in [-0.25, -0.2) is 4.39 Å². The van der Waals surface area contributed by atoms with E-state index in [1.165, 1.54) is 29.2 Å². The van der Waals surface area contributed by atoms with Crippen molar-refractivity contribution in [2.75, 3.05) is 14.2 Å². The van der Waals surface area contributed by atoms with Crippen LogP contribution in [-0.4, -0.2) is 41.2 Å². The Bertz CT molecular complexity index is 959. The molecule has 0 bridgehead atoms. The van der Waals surface area contributed by atoms with Crippen LogP contribution in [0.4, 0.5) is 4.39 Å². The summed E-state index contributed by atoms with van der Waals surface area (Å²) in [5, 5.41) is 3.97. The SMILES string of the molecule is CCC(Oc1ccc(F)cc1)C(=O)N(C)Cc1nc(-c2cccc(OC)c2)no1. The van der Waals surface area contributed by atoms with Gasteiger partial charge < -0.3 is 18.9 Å². The molecule has 0 fully saturated rings. The van der Waals surface area contributed by atoms with Gasteiger partial charge in [-0.05, 0) is 42.8 Å². The highest BCUT2D eigenvalue weighted by Crippen LogP contribution is 2.22. The zero-order chi connectivity index (χ0) is 20.8. The van der Waals surface area contributed by atoms with Crippen LogP contribution in [0.2, 0.25) is 0 Å². The molecule has 0 spiro atoms. The van der Waals surface area contributed by atoms with Crippen LogP contribution in [-0.2, 0) is 11.3 Å². The fourth-order valence-electron chi connectivity index (χ4n) is 2.71. The second-order valence-electron chi connectivity index (χ2n) is 6.41. The third kappa shape index (κ3) is 5.10. The molecule has 0 aliphatic rings. The van der Waals surface area contributed by atoms with Gasteiger partial charge >= 0.3 is 0 Å².